The first-order valence-corrected chi connectivity index (χ1v) is 6.43. The highest BCUT2D eigenvalue weighted by molar-refractivity contribution is 5.78. The Labute approximate surface area is 105 Å². The van der Waals surface area contributed by atoms with Gasteiger partial charge >= 0.3 is 0 Å². The first-order valence-electron chi connectivity index (χ1n) is 6.43. The van der Waals surface area contributed by atoms with Gasteiger partial charge in [-0.2, -0.15) is 0 Å². The van der Waals surface area contributed by atoms with Crippen LogP contribution in [0.15, 0.2) is 30.3 Å². The second-order valence-corrected chi connectivity index (χ2v) is 4.69. The zero-order chi connectivity index (χ0) is 12.7. The largest absolute Gasteiger partial charge is 0.300 e. The van der Waals surface area contributed by atoms with Gasteiger partial charge in [0.15, 0.2) is 0 Å². The van der Waals surface area contributed by atoms with Crippen LogP contribution >= 0.6 is 0 Å². The molecule has 0 amide bonds. The van der Waals surface area contributed by atoms with Crippen LogP contribution < -0.4 is 0 Å². The number of hydrogen-bond donors (Lipinski definition) is 0. The number of carbonyl (C=O) groups is 1. The number of benzene rings is 1. The minimum Gasteiger partial charge on any atom is -0.300 e. The average Bonchev–Trinajstić information content (AvgIpc) is 2.34. The molecule has 0 aromatic heterocycles. The van der Waals surface area contributed by atoms with Gasteiger partial charge in [-0.25, -0.2) is 0 Å². The minimum absolute atomic E-state index is 0.351. The van der Waals surface area contributed by atoms with E-state index in [0.717, 1.165) is 13.1 Å². The van der Waals surface area contributed by atoms with E-state index in [2.05, 4.69) is 43.0 Å². The Morgan fingerprint density at radius 3 is 2.41 bits per heavy atom. The molecule has 94 valence electrons. The lowest BCUT2D eigenvalue weighted by atomic mass is 10.1. The Kier molecular flexibility index (Phi) is 5.92. The molecule has 0 radical (unpaired) electrons. The molecule has 0 spiro atoms. The predicted molar refractivity (Wildman–Crippen MR) is 71.9 cm³/mol. The lowest BCUT2D eigenvalue weighted by Crippen LogP contribution is -2.32. The summed E-state index contributed by atoms with van der Waals surface area (Å²) in [6.45, 7) is 8.08. The Morgan fingerprint density at radius 2 is 1.88 bits per heavy atom. The molecule has 1 aromatic carbocycles. The van der Waals surface area contributed by atoms with Gasteiger partial charge in [0, 0.05) is 32.0 Å². The molecule has 0 saturated heterocycles. The fourth-order valence-corrected chi connectivity index (χ4v) is 1.78. The van der Waals surface area contributed by atoms with Gasteiger partial charge in [0.2, 0.25) is 0 Å². The number of hydrogen-bond acceptors (Lipinski definition) is 2. The quantitative estimate of drug-likeness (QED) is 0.720. The van der Waals surface area contributed by atoms with E-state index in [9.17, 15) is 4.79 Å². The molecule has 0 unspecified atom stereocenters. The summed E-state index contributed by atoms with van der Waals surface area (Å²) in [4.78, 5) is 13.7. The zero-order valence-corrected chi connectivity index (χ0v) is 11.1. The van der Waals surface area contributed by atoms with Crippen LogP contribution in [0.5, 0.6) is 0 Å². The standard InChI is InChI=1S/C15H23NO/c1-4-15(17)10-11-16(13(2)3)12-14-8-6-5-7-9-14/h5-9,13H,4,10-12H2,1-3H3. The summed E-state index contributed by atoms with van der Waals surface area (Å²) >= 11 is 0. The van der Waals surface area contributed by atoms with Crippen molar-refractivity contribution in [1.29, 1.82) is 0 Å². The first kappa shape index (κ1) is 13.9. The normalized spacial score (nSPS) is 11.1. The Bertz CT molecular complexity index is 332. The lowest BCUT2D eigenvalue weighted by molar-refractivity contribution is -0.119. The molecule has 0 aliphatic heterocycles. The highest BCUT2D eigenvalue weighted by Gasteiger charge is 2.11. The van der Waals surface area contributed by atoms with E-state index >= 15 is 0 Å². The van der Waals surface area contributed by atoms with Crippen molar-refractivity contribution in [3.05, 3.63) is 35.9 Å². The van der Waals surface area contributed by atoms with Crippen LogP contribution in [0.4, 0.5) is 0 Å². The van der Waals surface area contributed by atoms with Crippen LogP contribution in [0, 0.1) is 0 Å². The third-order valence-corrected chi connectivity index (χ3v) is 3.03. The Hall–Kier alpha value is -1.15. The molecule has 0 aliphatic carbocycles. The van der Waals surface area contributed by atoms with Crippen molar-refractivity contribution in [3.63, 3.8) is 0 Å². The molecule has 0 N–H and O–H groups in total. The molecule has 0 saturated carbocycles. The highest BCUT2D eigenvalue weighted by atomic mass is 16.1. The van der Waals surface area contributed by atoms with E-state index in [1.165, 1.54) is 5.56 Å². The molecule has 0 bridgehead atoms. The monoisotopic (exact) mass is 233 g/mol. The van der Waals surface area contributed by atoms with Crippen molar-refractivity contribution < 1.29 is 4.79 Å². The van der Waals surface area contributed by atoms with Crippen LogP contribution in [0.1, 0.15) is 39.2 Å². The van der Waals surface area contributed by atoms with Crippen LogP contribution in [0.25, 0.3) is 0 Å². The maximum absolute atomic E-state index is 11.4. The van der Waals surface area contributed by atoms with E-state index in [4.69, 9.17) is 0 Å². The molecule has 0 aliphatic rings. The number of carbonyl (C=O) groups excluding carboxylic acids is 1. The molecule has 0 heterocycles. The second kappa shape index (κ2) is 7.23. The smallest absolute Gasteiger partial charge is 0.133 e. The van der Waals surface area contributed by atoms with Crippen molar-refractivity contribution in [2.75, 3.05) is 6.54 Å². The molecule has 0 atom stereocenters. The van der Waals surface area contributed by atoms with E-state index in [0.29, 0.717) is 24.7 Å². The summed E-state index contributed by atoms with van der Waals surface area (Å²) in [6.07, 6.45) is 1.32. The zero-order valence-electron chi connectivity index (χ0n) is 11.1. The fourth-order valence-electron chi connectivity index (χ4n) is 1.78. The maximum Gasteiger partial charge on any atom is 0.133 e. The van der Waals surface area contributed by atoms with Crippen molar-refractivity contribution in [2.45, 2.75) is 46.2 Å². The summed E-state index contributed by atoms with van der Waals surface area (Å²) in [6, 6.07) is 10.9. The summed E-state index contributed by atoms with van der Waals surface area (Å²) < 4.78 is 0. The Balaban J connectivity index is 2.52. The molecule has 1 rings (SSSR count). The Morgan fingerprint density at radius 1 is 1.24 bits per heavy atom. The molecular weight excluding hydrogens is 210 g/mol. The van der Waals surface area contributed by atoms with Gasteiger partial charge in [0.05, 0.1) is 0 Å². The number of Topliss-reactive ketones (excluding diaryl/α,β-unsaturated/α-hetero) is 1. The second-order valence-electron chi connectivity index (χ2n) is 4.69. The topological polar surface area (TPSA) is 20.3 Å². The van der Waals surface area contributed by atoms with Gasteiger partial charge in [-0.05, 0) is 19.4 Å². The summed E-state index contributed by atoms with van der Waals surface area (Å²) in [7, 11) is 0. The fraction of sp³-hybridized carbons (Fsp3) is 0.533. The molecule has 17 heavy (non-hydrogen) atoms. The van der Waals surface area contributed by atoms with Crippen LogP contribution in [0.3, 0.4) is 0 Å². The number of nitrogens with zero attached hydrogens (tertiary/aromatic N) is 1. The maximum atomic E-state index is 11.4. The summed E-state index contributed by atoms with van der Waals surface area (Å²) in [5.74, 6) is 0.351. The van der Waals surface area contributed by atoms with E-state index in [1.54, 1.807) is 0 Å². The molecule has 0 fully saturated rings. The van der Waals surface area contributed by atoms with Gasteiger partial charge in [-0.15, -0.1) is 0 Å². The lowest BCUT2D eigenvalue weighted by Gasteiger charge is -2.26. The van der Waals surface area contributed by atoms with Crippen LogP contribution in [0.2, 0.25) is 0 Å². The van der Waals surface area contributed by atoms with E-state index in [-0.39, 0.29) is 0 Å². The van der Waals surface area contributed by atoms with Crippen molar-refractivity contribution in [1.82, 2.24) is 4.90 Å². The highest BCUT2D eigenvalue weighted by Crippen LogP contribution is 2.09. The number of rotatable bonds is 7. The summed E-state index contributed by atoms with van der Waals surface area (Å²) in [5, 5.41) is 0. The molecule has 2 nitrogen and oxygen atoms in total. The molecular formula is C15H23NO. The molecule has 1 aromatic rings. The van der Waals surface area contributed by atoms with Gasteiger partial charge in [0.25, 0.3) is 0 Å². The third kappa shape index (κ3) is 5.14. The van der Waals surface area contributed by atoms with Gasteiger partial charge in [-0.3, -0.25) is 9.69 Å². The van der Waals surface area contributed by atoms with Crippen LogP contribution in [-0.4, -0.2) is 23.3 Å². The SMILES string of the molecule is CCC(=O)CCN(Cc1ccccc1)C(C)C. The molecule has 2 heteroatoms. The van der Waals surface area contributed by atoms with Crippen LogP contribution in [-0.2, 0) is 11.3 Å². The van der Waals surface area contributed by atoms with Gasteiger partial charge in [0.1, 0.15) is 5.78 Å². The predicted octanol–water partition coefficient (Wildman–Crippen LogP) is 3.27. The summed E-state index contributed by atoms with van der Waals surface area (Å²) in [5.41, 5.74) is 1.31. The average molecular weight is 233 g/mol. The number of ketones is 1. The van der Waals surface area contributed by atoms with E-state index < -0.39 is 0 Å². The van der Waals surface area contributed by atoms with Gasteiger partial charge in [-0.1, -0.05) is 37.3 Å². The van der Waals surface area contributed by atoms with Crippen molar-refractivity contribution >= 4 is 5.78 Å². The minimum atomic E-state index is 0.351. The third-order valence-electron chi connectivity index (χ3n) is 3.03. The first-order chi connectivity index (χ1) is 8.13. The van der Waals surface area contributed by atoms with Gasteiger partial charge < -0.3 is 0 Å². The van der Waals surface area contributed by atoms with Crippen molar-refractivity contribution in [3.8, 4) is 0 Å². The van der Waals surface area contributed by atoms with Crippen molar-refractivity contribution in [2.24, 2.45) is 0 Å². The van der Waals surface area contributed by atoms with E-state index in [1.807, 2.05) is 13.0 Å².